The number of methoxy groups -OCH3 is 1. The summed E-state index contributed by atoms with van der Waals surface area (Å²) in [5.74, 6) is 0. The molecule has 0 aliphatic carbocycles. The number of aliphatic hydroxyl groups excluding tert-OH is 2. The van der Waals surface area contributed by atoms with Crippen LogP contribution in [0, 0.1) is 0 Å². The Morgan fingerprint density at radius 1 is 1.08 bits per heavy atom. The monoisotopic (exact) mass is 176 g/mol. The van der Waals surface area contributed by atoms with E-state index in [9.17, 15) is 10.2 Å². The van der Waals surface area contributed by atoms with Crippen molar-refractivity contribution in [1.29, 1.82) is 0 Å². The third-order valence-electron chi connectivity index (χ3n) is 2.34. The number of aliphatic hydroxyl groups is 2. The van der Waals surface area contributed by atoms with E-state index in [1.165, 1.54) is 7.11 Å². The zero-order chi connectivity index (χ0) is 9.30. The molecule has 0 aromatic rings. The molecule has 4 heteroatoms. The molecule has 0 amide bonds. The van der Waals surface area contributed by atoms with E-state index in [1.807, 2.05) is 0 Å². The van der Waals surface area contributed by atoms with Crippen molar-refractivity contribution in [2.75, 3.05) is 7.11 Å². The third-order valence-corrected chi connectivity index (χ3v) is 2.34. The zero-order valence-electron chi connectivity index (χ0n) is 7.60. The van der Waals surface area contributed by atoms with Crippen LogP contribution in [-0.4, -0.2) is 47.8 Å². The second kappa shape index (κ2) is 3.70. The molecule has 0 radical (unpaired) electrons. The summed E-state index contributed by atoms with van der Waals surface area (Å²) in [4.78, 5) is 0. The summed E-state index contributed by atoms with van der Waals surface area (Å²) in [7, 11) is 1.47. The van der Waals surface area contributed by atoms with Crippen molar-refractivity contribution < 1.29 is 19.7 Å². The van der Waals surface area contributed by atoms with Crippen LogP contribution < -0.4 is 0 Å². The van der Waals surface area contributed by atoms with Gasteiger partial charge in [0.1, 0.15) is 18.3 Å². The average molecular weight is 176 g/mol. The lowest BCUT2D eigenvalue weighted by Crippen LogP contribution is -2.56. The molecule has 1 aliphatic rings. The quantitative estimate of drug-likeness (QED) is 0.567. The molecular formula is C8H16O4. The van der Waals surface area contributed by atoms with Gasteiger partial charge in [0.2, 0.25) is 0 Å². The Balaban J connectivity index is 2.67. The van der Waals surface area contributed by atoms with Crippen LogP contribution in [0.5, 0.6) is 0 Å². The van der Waals surface area contributed by atoms with Gasteiger partial charge in [-0.1, -0.05) is 0 Å². The largest absolute Gasteiger partial charge is 0.388 e. The van der Waals surface area contributed by atoms with Crippen molar-refractivity contribution in [1.82, 2.24) is 0 Å². The molecule has 1 fully saturated rings. The van der Waals surface area contributed by atoms with Crippen molar-refractivity contribution in [3.63, 3.8) is 0 Å². The molecule has 72 valence electrons. The first kappa shape index (κ1) is 9.92. The van der Waals surface area contributed by atoms with Crippen LogP contribution in [0.25, 0.3) is 0 Å². The van der Waals surface area contributed by atoms with Crippen molar-refractivity contribution in [3.8, 4) is 0 Å². The van der Waals surface area contributed by atoms with E-state index >= 15 is 0 Å². The van der Waals surface area contributed by atoms with Crippen LogP contribution in [-0.2, 0) is 9.47 Å². The van der Waals surface area contributed by atoms with Gasteiger partial charge in [0.15, 0.2) is 0 Å². The summed E-state index contributed by atoms with van der Waals surface area (Å²) >= 11 is 0. The Morgan fingerprint density at radius 3 is 1.83 bits per heavy atom. The van der Waals surface area contributed by atoms with Gasteiger partial charge in [-0.25, -0.2) is 0 Å². The summed E-state index contributed by atoms with van der Waals surface area (Å²) in [5.41, 5.74) is 0. The topological polar surface area (TPSA) is 58.9 Å². The number of hydrogen-bond donors (Lipinski definition) is 2. The minimum atomic E-state index is -0.749. The molecule has 1 aliphatic heterocycles. The molecule has 4 nitrogen and oxygen atoms in total. The maximum Gasteiger partial charge on any atom is 0.114 e. The van der Waals surface area contributed by atoms with Gasteiger partial charge in [-0.2, -0.15) is 0 Å². The first-order valence-electron chi connectivity index (χ1n) is 4.12. The fraction of sp³-hybridized carbons (Fsp3) is 1.00. The number of hydrogen-bond acceptors (Lipinski definition) is 4. The molecule has 2 N–H and O–H groups in total. The van der Waals surface area contributed by atoms with Gasteiger partial charge in [-0.15, -0.1) is 0 Å². The molecule has 0 bridgehead atoms. The lowest BCUT2D eigenvalue weighted by Gasteiger charge is -2.39. The van der Waals surface area contributed by atoms with Crippen molar-refractivity contribution in [3.05, 3.63) is 0 Å². The maximum absolute atomic E-state index is 9.52. The molecule has 0 aromatic heterocycles. The normalized spacial score (nSPS) is 49.2. The molecule has 1 unspecified atom stereocenters. The molecule has 0 saturated carbocycles. The Kier molecular flexibility index (Phi) is 3.06. The predicted molar refractivity (Wildman–Crippen MR) is 42.8 cm³/mol. The van der Waals surface area contributed by atoms with E-state index in [1.54, 1.807) is 13.8 Å². The van der Waals surface area contributed by atoms with Gasteiger partial charge in [0.25, 0.3) is 0 Å². The van der Waals surface area contributed by atoms with Crippen LogP contribution >= 0.6 is 0 Å². The predicted octanol–water partition coefficient (Wildman–Crippen LogP) is -0.470. The molecule has 0 aromatic carbocycles. The summed E-state index contributed by atoms with van der Waals surface area (Å²) < 4.78 is 10.2. The minimum Gasteiger partial charge on any atom is -0.388 e. The molecule has 0 spiro atoms. The molecular weight excluding hydrogens is 160 g/mol. The van der Waals surface area contributed by atoms with Crippen LogP contribution in [0.4, 0.5) is 0 Å². The Hall–Kier alpha value is -0.160. The number of ether oxygens (including phenoxy) is 2. The fourth-order valence-corrected chi connectivity index (χ4v) is 1.51. The van der Waals surface area contributed by atoms with Gasteiger partial charge in [0, 0.05) is 7.11 Å². The van der Waals surface area contributed by atoms with E-state index in [-0.39, 0.29) is 12.2 Å². The Bertz CT molecular complexity index is 136. The lowest BCUT2D eigenvalue weighted by molar-refractivity contribution is -0.219. The van der Waals surface area contributed by atoms with Gasteiger partial charge < -0.3 is 19.7 Å². The minimum absolute atomic E-state index is 0.284. The summed E-state index contributed by atoms with van der Waals surface area (Å²) in [6.45, 7) is 3.53. The summed E-state index contributed by atoms with van der Waals surface area (Å²) in [6, 6.07) is 0. The third kappa shape index (κ3) is 1.61. The van der Waals surface area contributed by atoms with Crippen LogP contribution in [0.15, 0.2) is 0 Å². The van der Waals surface area contributed by atoms with Crippen molar-refractivity contribution in [2.45, 2.75) is 44.4 Å². The molecule has 5 atom stereocenters. The highest BCUT2D eigenvalue weighted by molar-refractivity contribution is 4.89. The van der Waals surface area contributed by atoms with E-state index < -0.39 is 18.3 Å². The SMILES string of the molecule is COC1[C@@H](O)[C@H](C)O[C@H](C)[C@@H]1O. The molecule has 1 heterocycles. The smallest absolute Gasteiger partial charge is 0.114 e. The van der Waals surface area contributed by atoms with Crippen LogP contribution in [0.2, 0.25) is 0 Å². The maximum atomic E-state index is 9.52. The Morgan fingerprint density at radius 2 is 1.50 bits per heavy atom. The summed E-state index contributed by atoms with van der Waals surface area (Å²) in [5, 5.41) is 19.0. The average Bonchev–Trinajstić information content (AvgIpc) is 2.02. The van der Waals surface area contributed by atoms with Crippen molar-refractivity contribution >= 4 is 0 Å². The van der Waals surface area contributed by atoms with Crippen molar-refractivity contribution in [2.24, 2.45) is 0 Å². The molecule has 1 saturated heterocycles. The van der Waals surface area contributed by atoms with Crippen LogP contribution in [0.1, 0.15) is 13.8 Å². The van der Waals surface area contributed by atoms with Gasteiger partial charge in [-0.3, -0.25) is 0 Å². The zero-order valence-corrected chi connectivity index (χ0v) is 7.60. The van der Waals surface area contributed by atoms with Gasteiger partial charge >= 0.3 is 0 Å². The highest BCUT2D eigenvalue weighted by Gasteiger charge is 2.40. The second-order valence-corrected chi connectivity index (χ2v) is 3.23. The first-order valence-corrected chi connectivity index (χ1v) is 4.12. The first-order chi connectivity index (χ1) is 5.57. The van der Waals surface area contributed by atoms with Crippen LogP contribution in [0.3, 0.4) is 0 Å². The van der Waals surface area contributed by atoms with E-state index in [0.29, 0.717) is 0 Å². The lowest BCUT2D eigenvalue weighted by atomic mass is 9.96. The fourth-order valence-electron chi connectivity index (χ4n) is 1.51. The van der Waals surface area contributed by atoms with E-state index in [4.69, 9.17) is 9.47 Å². The molecule has 12 heavy (non-hydrogen) atoms. The molecule has 1 rings (SSSR count). The second-order valence-electron chi connectivity index (χ2n) is 3.23. The summed E-state index contributed by atoms with van der Waals surface area (Å²) in [6.07, 6.45) is -2.60. The highest BCUT2D eigenvalue weighted by Crippen LogP contribution is 2.22. The van der Waals surface area contributed by atoms with E-state index in [2.05, 4.69) is 0 Å². The van der Waals surface area contributed by atoms with E-state index in [0.717, 1.165) is 0 Å². The standard InChI is InChI=1S/C8H16O4/c1-4-6(9)8(11-3)7(10)5(2)12-4/h4-10H,1-3H3/t4-,5+,6-,7-,8?/m0/s1. The van der Waals surface area contributed by atoms with Gasteiger partial charge in [0.05, 0.1) is 12.2 Å². The number of rotatable bonds is 1. The Labute approximate surface area is 72.1 Å². The van der Waals surface area contributed by atoms with Gasteiger partial charge in [-0.05, 0) is 13.8 Å². The highest BCUT2D eigenvalue weighted by atomic mass is 16.6.